The molecule has 1 heterocycles. The fraction of sp³-hybridized carbons (Fsp3) is 0.333. The van der Waals surface area contributed by atoms with Crippen molar-refractivity contribution in [1.29, 1.82) is 0 Å². The molecule has 0 saturated heterocycles. The third kappa shape index (κ3) is 0.897. The summed E-state index contributed by atoms with van der Waals surface area (Å²) in [7, 11) is 1.72. The van der Waals surface area contributed by atoms with Crippen LogP contribution in [0.3, 0.4) is 0 Å². The van der Waals surface area contributed by atoms with E-state index in [1.165, 1.54) is 0 Å². The van der Waals surface area contributed by atoms with Crippen molar-refractivity contribution in [3.05, 3.63) is 23.4 Å². The van der Waals surface area contributed by atoms with Gasteiger partial charge in [0.2, 0.25) is 5.91 Å². The number of amides is 1. The summed E-state index contributed by atoms with van der Waals surface area (Å²) >= 11 is 0. The molecule has 3 heteroatoms. The molecule has 62 valence electrons. The number of hydrogen-bond acceptors (Lipinski definition) is 2. The standard InChI is InChI=1S/C9H9NO2/c1-10-8-5-7(11)3-2-6(8)4-9(10)12/h2-3H,4-5H2,1H3. The highest BCUT2D eigenvalue weighted by molar-refractivity contribution is 5.97. The van der Waals surface area contributed by atoms with Crippen LogP contribution >= 0.6 is 0 Å². The normalized spacial score (nSPS) is 22.2. The Morgan fingerprint density at radius 1 is 1.25 bits per heavy atom. The third-order valence-corrected chi connectivity index (χ3v) is 2.30. The van der Waals surface area contributed by atoms with Crippen LogP contribution in [0.15, 0.2) is 23.4 Å². The fourth-order valence-electron chi connectivity index (χ4n) is 1.55. The molecule has 0 atom stereocenters. The number of nitrogens with zero attached hydrogens (tertiary/aromatic N) is 1. The molecule has 2 rings (SSSR count). The summed E-state index contributed by atoms with van der Waals surface area (Å²) < 4.78 is 0. The van der Waals surface area contributed by atoms with E-state index in [1.54, 1.807) is 24.1 Å². The predicted octanol–water partition coefficient (Wildman–Crippen LogP) is 0.632. The van der Waals surface area contributed by atoms with Gasteiger partial charge in [0.1, 0.15) is 0 Å². The van der Waals surface area contributed by atoms with Crippen LogP contribution in [0.2, 0.25) is 0 Å². The zero-order valence-electron chi connectivity index (χ0n) is 6.83. The van der Waals surface area contributed by atoms with Gasteiger partial charge < -0.3 is 4.90 Å². The van der Waals surface area contributed by atoms with Gasteiger partial charge in [-0.05, 0) is 11.6 Å². The summed E-state index contributed by atoms with van der Waals surface area (Å²) in [6.07, 6.45) is 4.14. The van der Waals surface area contributed by atoms with Crippen molar-refractivity contribution in [1.82, 2.24) is 4.90 Å². The Hall–Kier alpha value is -1.38. The Balaban J connectivity index is 2.37. The van der Waals surface area contributed by atoms with E-state index in [0.717, 1.165) is 11.3 Å². The summed E-state index contributed by atoms with van der Waals surface area (Å²) in [6, 6.07) is 0. The van der Waals surface area contributed by atoms with Crippen molar-refractivity contribution in [2.75, 3.05) is 7.05 Å². The minimum Gasteiger partial charge on any atom is -0.318 e. The monoisotopic (exact) mass is 163 g/mol. The van der Waals surface area contributed by atoms with E-state index in [-0.39, 0.29) is 11.7 Å². The van der Waals surface area contributed by atoms with E-state index in [9.17, 15) is 9.59 Å². The summed E-state index contributed by atoms with van der Waals surface area (Å²) in [4.78, 5) is 23.8. The van der Waals surface area contributed by atoms with E-state index in [4.69, 9.17) is 0 Å². The smallest absolute Gasteiger partial charge is 0.230 e. The number of hydrogen-bond donors (Lipinski definition) is 0. The molecule has 0 unspecified atom stereocenters. The Morgan fingerprint density at radius 2 is 2.00 bits per heavy atom. The van der Waals surface area contributed by atoms with Crippen molar-refractivity contribution < 1.29 is 9.59 Å². The SMILES string of the molecule is CN1C(=O)CC2=C1CC(=O)C=C2. The van der Waals surface area contributed by atoms with Crippen LogP contribution in [0.1, 0.15) is 12.8 Å². The minimum absolute atomic E-state index is 0.0790. The first kappa shape index (κ1) is 7.28. The van der Waals surface area contributed by atoms with E-state index in [2.05, 4.69) is 0 Å². The van der Waals surface area contributed by atoms with E-state index in [0.29, 0.717) is 12.8 Å². The van der Waals surface area contributed by atoms with Gasteiger partial charge in [-0.2, -0.15) is 0 Å². The average molecular weight is 163 g/mol. The Labute approximate surface area is 70.4 Å². The molecule has 0 N–H and O–H groups in total. The van der Waals surface area contributed by atoms with Gasteiger partial charge in [-0.25, -0.2) is 0 Å². The second-order valence-corrected chi connectivity index (χ2v) is 3.08. The van der Waals surface area contributed by atoms with Crippen LogP contribution in [-0.4, -0.2) is 23.6 Å². The summed E-state index contributed by atoms with van der Waals surface area (Å²) in [5.41, 5.74) is 1.88. The Morgan fingerprint density at radius 3 is 2.75 bits per heavy atom. The van der Waals surface area contributed by atoms with Gasteiger partial charge in [-0.1, -0.05) is 6.08 Å². The highest BCUT2D eigenvalue weighted by Gasteiger charge is 2.28. The fourth-order valence-corrected chi connectivity index (χ4v) is 1.55. The van der Waals surface area contributed by atoms with Crippen molar-refractivity contribution >= 4 is 11.7 Å². The molecule has 0 bridgehead atoms. The zero-order valence-corrected chi connectivity index (χ0v) is 6.83. The lowest BCUT2D eigenvalue weighted by molar-refractivity contribution is -0.126. The van der Waals surface area contributed by atoms with Gasteiger partial charge in [-0.15, -0.1) is 0 Å². The van der Waals surface area contributed by atoms with Crippen molar-refractivity contribution in [3.63, 3.8) is 0 Å². The molecular weight excluding hydrogens is 154 g/mol. The lowest BCUT2D eigenvalue weighted by Crippen LogP contribution is -2.21. The zero-order chi connectivity index (χ0) is 8.72. The average Bonchev–Trinajstić information content (AvgIpc) is 2.31. The Kier molecular flexibility index (Phi) is 1.40. The minimum atomic E-state index is 0.0790. The van der Waals surface area contributed by atoms with Crippen LogP contribution in [0.4, 0.5) is 0 Å². The van der Waals surface area contributed by atoms with Gasteiger partial charge in [0.05, 0.1) is 12.8 Å². The lowest BCUT2D eigenvalue weighted by atomic mass is 10.0. The molecule has 1 aliphatic carbocycles. The van der Waals surface area contributed by atoms with Gasteiger partial charge in [0.15, 0.2) is 5.78 Å². The number of ketones is 1. The number of carbonyl (C=O) groups excluding carboxylic acids is 2. The largest absolute Gasteiger partial charge is 0.318 e. The predicted molar refractivity (Wildman–Crippen MR) is 43.2 cm³/mol. The number of carbonyl (C=O) groups is 2. The maximum atomic E-state index is 11.2. The van der Waals surface area contributed by atoms with Crippen LogP contribution in [0.25, 0.3) is 0 Å². The molecule has 0 aromatic rings. The Bertz CT molecular complexity index is 325. The second kappa shape index (κ2) is 2.30. The summed E-state index contributed by atoms with van der Waals surface area (Å²) in [5, 5.41) is 0. The molecule has 12 heavy (non-hydrogen) atoms. The van der Waals surface area contributed by atoms with Crippen LogP contribution < -0.4 is 0 Å². The van der Waals surface area contributed by atoms with Crippen molar-refractivity contribution in [2.45, 2.75) is 12.8 Å². The lowest BCUT2D eigenvalue weighted by Gasteiger charge is -2.14. The molecule has 0 aromatic carbocycles. The molecule has 0 radical (unpaired) electrons. The molecule has 0 aromatic heterocycles. The molecule has 3 nitrogen and oxygen atoms in total. The first-order valence-corrected chi connectivity index (χ1v) is 3.88. The van der Waals surface area contributed by atoms with Crippen molar-refractivity contribution in [3.8, 4) is 0 Å². The van der Waals surface area contributed by atoms with Crippen molar-refractivity contribution in [2.24, 2.45) is 0 Å². The van der Waals surface area contributed by atoms with Crippen LogP contribution in [0.5, 0.6) is 0 Å². The molecule has 0 saturated carbocycles. The molecule has 1 amide bonds. The van der Waals surface area contributed by atoms with Gasteiger partial charge in [0, 0.05) is 12.7 Å². The maximum Gasteiger partial charge on any atom is 0.230 e. The number of allylic oxidation sites excluding steroid dienone is 3. The van der Waals surface area contributed by atoms with E-state index >= 15 is 0 Å². The van der Waals surface area contributed by atoms with Crippen LogP contribution in [0, 0.1) is 0 Å². The van der Waals surface area contributed by atoms with Crippen LogP contribution in [-0.2, 0) is 9.59 Å². The van der Waals surface area contributed by atoms with Gasteiger partial charge in [0.25, 0.3) is 0 Å². The van der Waals surface area contributed by atoms with Gasteiger partial charge >= 0.3 is 0 Å². The highest BCUT2D eigenvalue weighted by Crippen LogP contribution is 2.28. The van der Waals surface area contributed by atoms with Gasteiger partial charge in [-0.3, -0.25) is 9.59 Å². The number of rotatable bonds is 0. The molecular formula is C9H9NO2. The molecule has 2 aliphatic rings. The van der Waals surface area contributed by atoms with E-state index < -0.39 is 0 Å². The first-order chi connectivity index (χ1) is 5.68. The third-order valence-electron chi connectivity index (χ3n) is 2.30. The summed E-state index contributed by atoms with van der Waals surface area (Å²) in [5.74, 6) is 0.162. The first-order valence-electron chi connectivity index (χ1n) is 3.88. The molecule has 0 spiro atoms. The molecule has 0 fully saturated rings. The maximum absolute atomic E-state index is 11.2. The summed E-state index contributed by atoms with van der Waals surface area (Å²) in [6.45, 7) is 0. The van der Waals surface area contributed by atoms with E-state index in [1.807, 2.05) is 0 Å². The quantitative estimate of drug-likeness (QED) is 0.525. The molecule has 1 aliphatic heterocycles. The second-order valence-electron chi connectivity index (χ2n) is 3.08. The highest BCUT2D eigenvalue weighted by atomic mass is 16.2. The topological polar surface area (TPSA) is 37.4 Å².